The number of thiazole rings is 1. The van der Waals surface area contributed by atoms with Gasteiger partial charge in [0.05, 0.1) is 5.69 Å². The van der Waals surface area contributed by atoms with E-state index in [2.05, 4.69) is 10.3 Å². The van der Waals surface area contributed by atoms with Crippen LogP contribution in [0, 0.1) is 11.3 Å². The topological polar surface area (TPSA) is 69.0 Å². The first-order valence-corrected chi connectivity index (χ1v) is 9.64. The Morgan fingerprint density at radius 1 is 1.18 bits per heavy atom. The van der Waals surface area contributed by atoms with Gasteiger partial charge in [-0.15, -0.1) is 11.3 Å². The van der Waals surface area contributed by atoms with Gasteiger partial charge in [-0.05, 0) is 35.9 Å². The maximum Gasteiger partial charge on any atom is 0.268 e. The summed E-state index contributed by atoms with van der Waals surface area (Å²) in [5.74, 6) is -0.490. The van der Waals surface area contributed by atoms with Gasteiger partial charge in [0.25, 0.3) is 5.91 Å². The van der Waals surface area contributed by atoms with Crippen LogP contribution >= 0.6 is 22.9 Å². The van der Waals surface area contributed by atoms with E-state index in [1.165, 1.54) is 11.3 Å². The summed E-state index contributed by atoms with van der Waals surface area (Å²) in [4.78, 5) is 18.8. The molecular weight excluding hydrogens is 392 g/mol. The van der Waals surface area contributed by atoms with Gasteiger partial charge in [-0.25, -0.2) is 4.98 Å². The second-order valence-electron chi connectivity index (χ2n) is 6.15. The molecule has 0 aliphatic heterocycles. The average molecular weight is 409 g/mol. The number of aromatic nitrogens is 1. The molecule has 0 aliphatic carbocycles. The number of carbonyl (C=O) groups excluding carboxylic acids is 1. The normalized spacial score (nSPS) is 11.0. The number of hydrogen-bond acceptors (Lipinski definition) is 5. The predicted molar refractivity (Wildman–Crippen MR) is 116 cm³/mol. The van der Waals surface area contributed by atoms with Crippen molar-refractivity contribution < 1.29 is 4.79 Å². The van der Waals surface area contributed by atoms with Crippen LogP contribution in [0.2, 0.25) is 5.02 Å². The number of nitriles is 1. The SMILES string of the molecule is CN(C)c1ccc(C=C(C#N)C(=O)Nc2nc(-c3ccc(Cl)cc3)cs2)cc1. The molecule has 28 heavy (non-hydrogen) atoms. The van der Waals surface area contributed by atoms with Gasteiger partial charge in [-0.3, -0.25) is 10.1 Å². The number of benzene rings is 2. The monoisotopic (exact) mass is 408 g/mol. The maximum absolute atomic E-state index is 12.5. The molecule has 1 N–H and O–H groups in total. The van der Waals surface area contributed by atoms with Crippen LogP contribution in [-0.2, 0) is 4.79 Å². The van der Waals surface area contributed by atoms with Gasteiger partial charge in [-0.1, -0.05) is 35.9 Å². The van der Waals surface area contributed by atoms with Crippen molar-refractivity contribution >= 4 is 45.7 Å². The zero-order valence-corrected chi connectivity index (χ0v) is 16.9. The summed E-state index contributed by atoms with van der Waals surface area (Å²) in [5, 5.41) is 15.0. The molecule has 5 nitrogen and oxygen atoms in total. The van der Waals surface area contributed by atoms with Crippen molar-refractivity contribution in [1.29, 1.82) is 5.26 Å². The van der Waals surface area contributed by atoms with Crippen LogP contribution in [0.15, 0.2) is 59.5 Å². The van der Waals surface area contributed by atoms with Crippen molar-refractivity contribution in [1.82, 2.24) is 4.98 Å². The number of halogens is 1. The number of carbonyl (C=O) groups is 1. The molecule has 7 heteroatoms. The minimum absolute atomic E-state index is 0.0147. The van der Waals surface area contributed by atoms with E-state index in [-0.39, 0.29) is 5.57 Å². The lowest BCUT2D eigenvalue weighted by molar-refractivity contribution is -0.112. The highest BCUT2D eigenvalue weighted by Gasteiger charge is 2.12. The van der Waals surface area contributed by atoms with Crippen LogP contribution in [0.4, 0.5) is 10.8 Å². The smallest absolute Gasteiger partial charge is 0.268 e. The molecule has 0 spiro atoms. The molecular formula is C21H17ClN4OS. The molecule has 1 heterocycles. The Kier molecular flexibility index (Phi) is 6.09. The third-order valence-corrected chi connectivity index (χ3v) is 4.96. The van der Waals surface area contributed by atoms with Gasteiger partial charge in [-0.2, -0.15) is 5.26 Å². The lowest BCUT2D eigenvalue weighted by atomic mass is 10.1. The molecule has 0 fully saturated rings. The van der Waals surface area contributed by atoms with E-state index in [4.69, 9.17) is 11.6 Å². The second-order valence-corrected chi connectivity index (χ2v) is 7.45. The molecule has 0 bridgehead atoms. The van der Waals surface area contributed by atoms with Crippen molar-refractivity contribution in [2.45, 2.75) is 0 Å². The highest BCUT2D eigenvalue weighted by atomic mass is 35.5. The van der Waals surface area contributed by atoms with E-state index < -0.39 is 5.91 Å². The zero-order valence-electron chi connectivity index (χ0n) is 15.3. The van der Waals surface area contributed by atoms with Crippen LogP contribution in [0.1, 0.15) is 5.56 Å². The maximum atomic E-state index is 12.5. The van der Waals surface area contributed by atoms with Gasteiger partial charge in [0.1, 0.15) is 11.6 Å². The minimum Gasteiger partial charge on any atom is -0.378 e. The molecule has 3 aromatic rings. The molecule has 0 aliphatic rings. The van der Waals surface area contributed by atoms with Crippen LogP contribution in [0.25, 0.3) is 17.3 Å². The van der Waals surface area contributed by atoms with Crippen molar-refractivity contribution in [3.05, 3.63) is 70.1 Å². The summed E-state index contributed by atoms with van der Waals surface area (Å²) in [6.45, 7) is 0. The molecule has 0 atom stereocenters. The van der Waals surface area contributed by atoms with Gasteiger partial charge in [0, 0.05) is 35.7 Å². The standard InChI is InChI=1S/C21H17ClN4OS/c1-26(2)18-9-3-14(4-10-18)11-16(12-23)20(27)25-21-24-19(13-28-21)15-5-7-17(22)8-6-15/h3-11,13H,1-2H3,(H,24,25,27). The highest BCUT2D eigenvalue weighted by Crippen LogP contribution is 2.26. The highest BCUT2D eigenvalue weighted by molar-refractivity contribution is 7.14. The van der Waals surface area contributed by atoms with Crippen molar-refractivity contribution in [2.75, 3.05) is 24.3 Å². The Balaban J connectivity index is 1.74. The van der Waals surface area contributed by atoms with Crippen molar-refractivity contribution in [3.8, 4) is 17.3 Å². The number of nitrogens with one attached hydrogen (secondary N) is 1. The Morgan fingerprint density at radius 3 is 2.46 bits per heavy atom. The Hall–Kier alpha value is -3.14. The number of hydrogen-bond donors (Lipinski definition) is 1. The summed E-state index contributed by atoms with van der Waals surface area (Å²) < 4.78 is 0. The van der Waals surface area contributed by atoms with Gasteiger partial charge in [0.15, 0.2) is 5.13 Å². The van der Waals surface area contributed by atoms with Gasteiger partial charge in [0.2, 0.25) is 0 Å². The van der Waals surface area contributed by atoms with E-state index >= 15 is 0 Å². The van der Waals surface area contributed by atoms with Crippen LogP contribution in [0.5, 0.6) is 0 Å². The second kappa shape index (κ2) is 8.70. The van der Waals surface area contributed by atoms with Crippen LogP contribution in [0.3, 0.4) is 0 Å². The number of nitrogens with zero attached hydrogens (tertiary/aromatic N) is 3. The van der Waals surface area contributed by atoms with E-state index in [1.54, 1.807) is 18.2 Å². The fraction of sp³-hybridized carbons (Fsp3) is 0.0952. The van der Waals surface area contributed by atoms with Crippen LogP contribution in [-0.4, -0.2) is 25.0 Å². The third kappa shape index (κ3) is 4.77. The average Bonchev–Trinajstić information content (AvgIpc) is 3.15. The largest absolute Gasteiger partial charge is 0.378 e. The lowest BCUT2D eigenvalue weighted by Crippen LogP contribution is -2.13. The third-order valence-electron chi connectivity index (χ3n) is 3.95. The molecule has 0 saturated carbocycles. The van der Waals surface area contributed by atoms with Crippen LogP contribution < -0.4 is 10.2 Å². The summed E-state index contributed by atoms with van der Waals surface area (Å²) in [6.07, 6.45) is 1.56. The van der Waals surface area contributed by atoms with E-state index in [0.717, 1.165) is 22.5 Å². The number of amides is 1. The minimum atomic E-state index is -0.490. The molecule has 0 radical (unpaired) electrons. The Labute approximate surface area is 172 Å². The Morgan fingerprint density at radius 2 is 1.86 bits per heavy atom. The fourth-order valence-electron chi connectivity index (χ4n) is 2.43. The molecule has 140 valence electrons. The van der Waals surface area contributed by atoms with Crippen molar-refractivity contribution in [3.63, 3.8) is 0 Å². The first-order valence-electron chi connectivity index (χ1n) is 8.38. The predicted octanol–water partition coefficient (Wildman–Crippen LogP) is 5.08. The molecule has 0 saturated heterocycles. The fourth-order valence-corrected chi connectivity index (χ4v) is 3.27. The van der Waals surface area contributed by atoms with E-state index in [9.17, 15) is 10.1 Å². The summed E-state index contributed by atoms with van der Waals surface area (Å²) >= 11 is 7.20. The zero-order chi connectivity index (χ0) is 20.1. The molecule has 1 amide bonds. The first kappa shape index (κ1) is 19.6. The quantitative estimate of drug-likeness (QED) is 0.472. The molecule has 3 rings (SSSR count). The number of anilines is 2. The molecule has 1 aromatic heterocycles. The summed E-state index contributed by atoms with van der Waals surface area (Å²) in [5.41, 5.74) is 3.47. The van der Waals surface area contributed by atoms with Gasteiger partial charge >= 0.3 is 0 Å². The first-order chi connectivity index (χ1) is 13.5. The summed E-state index contributed by atoms with van der Waals surface area (Å²) in [6, 6.07) is 16.8. The van der Waals surface area contributed by atoms with Gasteiger partial charge < -0.3 is 4.90 Å². The number of rotatable bonds is 5. The van der Waals surface area contributed by atoms with E-state index in [0.29, 0.717) is 10.2 Å². The summed E-state index contributed by atoms with van der Waals surface area (Å²) in [7, 11) is 3.90. The lowest BCUT2D eigenvalue weighted by Gasteiger charge is -2.11. The molecule has 0 unspecified atom stereocenters. The van der Waals surface area contributed by atoms with Crippen molar-refractivity contribution in [2.24, 2.45) is 0 Å². The molecule has 2 aromatic carbocycles. The van der Waals surface area contributed by atoms with E-state index in [1.807, 2.05) is 66.8 Å². The Bertz CT molecular complexity index is 1050.